The molecule has 0 heterocycles. The number of thioether (sulfide) groups is 1. The largest absolute Gasteiger partial charge is 0.478 e. The number of ether oxygens (including phenoxy) is 1. The molecular formula is C15H15NO5S2. The smallest absolute Gasteiger partial charge is 0.339 e. The lowest BCUT2D eigenvalue weighted by molar-refractivity contribution is -0.195. The van der Waals surface area contributed by atoms with Crippen LogP contribution in [0.3, 0.4) is 0 Å². The highest BCUT2D eigenvalue weighted by Gasteiger charge is 2.14. The van der Waals surface area contributed by atoms with Crippen molar-refractivity contribution in [2.45, 2.75) is 16.7 Å². The van der Waals surface area contributed by atoms with Crippen LogP contribution in [0.5, 0.6) is 11.5 Å². The van der Waals surface area contributed by atoms with Crippen LogP contribution in [0, 0.1) is 6.92 Å². The van der Waals surface area contributed by atoms with Crippen LogP contribution >= 0.6 is 23.8 Å². The molecule has 0 radical (unpaired) electrons. The average molecular weight is 353 g/mol. The molecule has 0 spiro atoms. The Labute approximate surface area is 142 Å². The van der Waals surface area contributed by atoms with E-state index in [0.29, 0.717) is 10.6 Å². The van der Waals surface area contributed by atoms with Gasteiger partial charge in [-0.25, -0.2) is 4.79 Å². The van der Waals surface area contributed by atoms with Gasteiger partial charge in [0.2, 0.25) is 0 Å². The van der Waals surface area contributed by atoms with Crippen molar-refractivity contribution in [2.75, 3.05) is 6.26 Å². The molecule has 0 aliphatic rings. The van der Waals surface area contributed by atoms with Gasteiger partial charge in [-0.3, -0.25) is 0 Å². The molecule has 2 aromatic rings. The van der Waals surface area contributed by atoms with Crippen molar-refractivity contribution in [3.05, 3.63) is 47.5 Å². The van der Waals surface area contributed by atoms with Crippen LogP contribution in [0.25, 0.3) is 0 Å². The zero-order chi connectivity index (χ0) is 16.8. The minimum Gasteiger partial charge on any atom is -0.478 e. The molecule has 2 aromatic carbocycles. The minimum absolute atomic E-state index is 0.0159. The van der Waals surface area contributed by atoms with E-state index in [1.807, 2.05) is 25.3 Å². The molecule has 0 saturated carbocycles. The predicted molar refractivity (Wildman–Crippen MR) is 88.6 cm³/mol. The molecule has 0 atom stereocenters. The molecule has 0 amide bonds. The summed E-state index contributed by atoms with van der Waals surface area (Å²) in [6.07, 6.45) is 1.99. The maximum Gasteiger partial charge on any atom is 0.339 e. The van der Waals surface area contributed by atoms with Gasteiger partial charge in [0.05, 0.1) is 12.0 Å². The number of aromatic carboxylic acids is 1. The third-order valence-electron chi connectivity index (χ3n) is 2.95. The van der Waals surface area contributed by atoms with Crippen LogP contribution in [0.1, 0.15) is 15.9 Å². The van der Waals surface area contributed by atoms with Crippen molar-refractivity contribution in [1.29, 1.82) is 0 Å². The highest BCUT2D eigenvalue weighted by Crippen LogP contribution is 2.32. The standard InChI is InChI=1S/C15H15NO5S2/c1-9-7-10(3-6-14(9)22-2)19-13-5-4-11(23-21-20-16)8-12(13)15(17)18/h3-8H,16H2,1-2H3,(H,17,18). The Kier molecular flexibility index (Phi) is 6.31. The van der Waals surface area contributed by atoms with Crippen LogP contribution in [-0.4, -0.2) is 17.3 Å². The van der Waals surface area contributed by atoms with Crippen LogP contribution in [-0.2, 0) is 9.32 Å². The molecule has 23 heavy (non-hydrogen) atoms. The van der Waals surface area contributed by atoms with Crippen molar-refractivity contribution in [3.8, 4) is 11.5 Å². The molecule has 0 saturated heterocycles. The van der Waals surface area contributed by atoms with Crippen molar-refractivity contribution < 1.29 is 24.0 Å². The minimum atomic E-state index is -1.10. The zero-order valence-corrected chi connectivity index (χ0v) is 14.1. The first-order valence-corrected chi connectivity index (χ1v) is 8.41. The van der Waals surface area contributed by atoms with Gasteiger partial charge < -0.3 is 9.84 Å². The SMILES string of the molecule is CSc1ccc(Oc2ccc(SOON)cc2C(=O)O)cc1C. The highest BCUT2D eigenvalue weighted by atomic mass is 32.2. The van der Waals surface area contributed by atoms with E-state index in [0.717, 1.165) is 22.5 Å². The third kappa shape index (κ3) is 4.63. The molecule has 8 heteroatoms. The van der Waals surface area contributed by atoms with E-state index in [2.05, 4.69) is 9.32 Å². The van der Waals surface area contributed by atoms with Crippen molar-refractivity contribution in [1.82, 2.24) is 0 Å². The number of carboxylic acids is 1. The van der Waals surface area contributed by atoms with E-state index in [-0.39, 0.29) is 11.3 Å². The Morgan fingerprint density at radius 1 is 1.22 bits per heavy atom. The topological polar surface area (TPSA) is 91.0 Å². The molecule has 0 fully saturated rings. The summed E-state index contributed by atoms with van der Waals surface area (Å²) in [5.74, 6) is 4.47. The maximum absolute atomic E-state index is 11.4. The van der Waals surface area contributed by atoms with Gasteiger partial charge in [0.25, 0.3) is 0 Å². The fourth-order valence-corrected chi connectivity index (χ4v) is 2.91. The van der Waals surface area contributed by atoms with E-state index >= 15 is 0 Å². The molecule has 0 bridgehead atoms. The first-order chi connectivity index (χ1) is 11.0. The first kappa shape index (κ1) is 17.6. The number of rotatable bonds is 7. The Morgan fingerprint density at radius 2 is 2.00 bits per heavy atom. The number of hydrogen-bond donors (Lipinski definition) is 2. The molecule has 0 aliphatic heterocycles. The average Bonchev–Trinajstić information content (AvgIpc) is 2.54. The molecule has 0 aromatic heterocycles. The number of aryl methyl sites for hydroxylation is 1. The van der Waals surface area contributed by atoms with Gasteiger partial charge in [-0.15, -0.1) is 21.1 Å². The Morgan fingerprint density at radius 3 is 2.61 bits per heavy atom. The van der Waals surface area contributed by atoms with Crippen LogP contribution in [0.2, 0.25) is 0 Å². The van der Waals surface area contributed by atoms with Gasteiger partial charge in [-0.1, -0.05) is 0 Å². The van der Waals surface area contributed by atoms with Gasteiger partial charge >= 0.3 is 5.97 Å². The molecule has 3 N–H and O–H groups in total. The van der Waals surface area contributed by atoms with E-state index < -0.39 is 5.97 Å². The van der Waals surface area contributed by atoms with Gasteiger partial charge in [0.15, 0.2) is 0 Å². The van der Waals surface area contributed by atoms with Gasteiger partial charge in [0, 0.05) is 9.79 Å². The summed E-state index contributed by atoms with van der Waals surface area (Å²) in [5, 5.41) is 9.34. The second-order valence-corrected chi connectivity index (χ2v) is 6.07. The van der Waals surface area contributed by atoms with Gasteiger partial charge in [0.1, 0.15) is 17.1 Å². The second-order valence-electron chi connectivity index (χ2n) is 4.44. The number of carboxylic acid groups (broad SMARTS) is 1. The third-order valence-corrected chi connectivity index (χ3v) is 4.44. The van der Waals surface area contributed by atoms with Crippen molar-refractivity contribution in [3.63, 3.8) is 0 Å². The van der Waals surface area contributed by atoms with E-state index in [4.69, 9.17) is 10.6 Å². The monoisotopic (exact) mass is 353 g/mol. The molecular weight excluding hydrogens is 338 g/mol. The Balaban J connectivity index is 2.28. The Bertz CT molecular complexity index is 708. The lowest BCUT2D eigenvalue weighted by Gasteiger charge is -2.11. The summed E-state index contributed by atoms with van der Waals surface area (Å²) in [5.41, 5.74) is 1.08. The summed E-state index contributed by atoms with van der Waals surface area (Å²) in [4.78, 5) is 17.1. The molecule has 0 aliphatic carbocycles. The van der Waals surface area contributed by atoms with Crippen LogP contribution < -0.4 is 10.6 Å². The zero-order valence-electron chi connectivity index (χ0n) is 12.4. The summed E-state index contributed by atoms with van der Waals surface area (Å²) in [7, 11) is 0. The summed E-state index contributed by atoms with van der Waals surface area (Å²) < 4.78 is 10.2. The lowest BCUT2D eigenvalue weighted by atomic mass is 10.2. The first-order valence-electron chi connectivity index (χ1n) is 6.45. The second kappa shape index (κ2) is 8.23. The number of nitrogens with two attached hydrogens (primary N) is 1. The fourth-order valence-electron chi connectivity index (χ4n) is 1.92. The maximum atomic E-state index is 11.4. The van der Waals surface area contributed by atoms with Crippen molar-refractivity contribution in [2.24, 2.45) is 5.90 Å². The van der Waals surface area contributed by atoms with E-state index in [1.54, 1.807) is 30.0 Å². The predicted octanol–water partition coefficient (Wildman–Crippen LogP) is 4.04. The van der Waals surface area contributed by atoms with Gasteiger partial charge in [-0.05, 0) is 55.1 Å². The summed E-state index contributed by atoms with van der Waals surface area (Å²) >= 11 is 2.45. The van der Waals surface area contributed by atoms with Crippen LogP contribution in [0.4, 0.5) is 0 Å². The number of carbonyl (C=O) groups is 1. The van der Waals surface area contributed by atoms with Gasteiger partial charge in [-0.2, -0.15) is 5.90 Å². The molecule has 2 rings (SSSR count). The fraction of sp³-hybridized carbons (Fsp3) is 0.133. The van der Waals surface area contributed by atoms with E-state index in [9.17, 15) is 9.90 Å². The number of hydrogen-bond acceptors (Lipinski definition) is 7. The van der Waals surface area contributed by atoms with Crippen molar-refractivity contribution >= 4 is 29.8 Å². The Hall–Kier alpha value is -1.71. The van der Waals surface area contributed by atoms with E-state index in [1.165, 1.54) is 6.07 Å². The van der Waals surface area contributed by atoms with Crippen LogP contribution in [0.15, 0.2) is 46.2 Å². The number of benzene rings is 2. The lowest BCUT2D eigenvalue weighted by Crippen LogP contribution is -2.01. The summed E-state index contributed by atoms with van der Waals surface area (Å²) in [6.45, 7) is 1.97. The molecule has 6 nitrogen and oxygen atoms in total. The normalized spacial score (nSPS) is 10.6. The molecule has 0 unspecified atom stereocenters. The highest BCUT2D eigenvalue weighted by molar-refractivity contribution is 7.98. The molecule has 122 valence electrons. The summed E-state index contributed by atoms with van der Waals surface area (Å²) in [6, 6.07) is 10.2. The quantitative estimate of drug-likeness (QED) is 0.334.